The van der Waals surface area contributed by atoms with Gasteiger partial charge in [-0.25, -0.2) is 0 Å². The molecule has 2 rings (SSSR count). The van der Waals surface area contributed by atoms with Crippen LogP contribution < -0.4 is 0 Å². The van der Waals surface area contributed by atoms with Gasteiger partial charge in [-0.15, -0.1) is 0 Å². The van der Waals surface area contributed by atoms with E-state index in [0.29, 0.717) is 13.0 Å². The fourth-order valence-corrected chi connectivity index (χ4v) is 2.01. The number of nitrogens with zero attached hydrogens (tertiary/aromatic N) is 2. The second-order valence-electron chi connectivity index (χ2n) is 4.91. The summed E-state index contributed by atoms with van der Waals surface area (Å²) in [5, 5.41) is 12.8. The molecule has 1 fully saturated rings. The number of ether oxygens (including phenoxy) is 1. The molecule has 0 aromatic carbocycles. The van der Waals surface area contributed by atoms with Gasteiger partial charge in [-0.1, -0.05) is 12.1 Å². The quantitative estimate of drug-likeness (QED) is 0.918. The van der Waals surface area contributed by atoms with Gasteiger partial charge in [0, 0.05) is 6.61 Å². The Balaban J connectivity index is 2.17. The number of hydrogen-bond donors (Lipinski definition) is 1. The first kappa shape index (κ1) is 14.3. The molecule has 1 aliphatic heterocycles. The summed E-state index contributed by atoms with van der Waals surface area (Å²) in [6.45, 7) is 3.51. The molecule has 0 aliphatic carbocycles. The molecule has 0 spiro atoms. The van der Waals surface area contributed by atoms with Crippen molar-refractivity contribution in [2.24, 2.45) is 0 Å². The van der Waals surface area contributed by atoms with Gasteiger partial charge in [0.05, 0.1) is 5.92 Å². The van der Waals surface area contributed by atoms with E-state index in [0.717, 1.165) is 6.42 Å². The van der Waals surface area contributed by atoms with E-state index in [1.807, 2.05) is 0 Å². The topological polar surface area (TPSA) is 68.4 Å². The number of halogens is 3. The van der Waals surface area contributed by atoms with Crippen LogP contribution in [-0.4, -0.2) is 34.1 Å². The van der Waals surface area contributed by atoms with Crippen molar-refractivity contribution in [2.75, 3.05) is 6.61 Å². The van der Waals surface area contributed by atoms with E-state index in [9.17, 15) is 13.2 Å². The molecule has 0 bridgehead atoms. The Kier molecular flexibility index (Phi) is 3.57. The van der Waals surface area contributed by atoms with E-state index in [2.05, 4.69) is 10.1 Å². The van der Waals surface area contributed by atoms with Crippen LogP contribution in [0, 0.1) is 0 Å². The van der Waals surface area contributed by atoms with Crippen LogP contribution in [0.15, 0.2) is 4.52 Å². The van der Waals surface area contributed by atoms with Crippen molar-refractivity contribution in [1.29, 1.82) is 0 Å². The molecule has 3 atom stereocenters. The number of hydrogen-bond acceptors (Lipinski definition) is 5. The van der Waals surface area contributed by atoms with Crippen molar-refractivity contribution in [1.82, 2.24) is 10.1 Å². The third kappa shape index (κ3) is 2.74. The standard InChI is InChI=1S/C11H15F3N2O3/c1-6(7(17)11(12,13)14)8-15-9(16-19-8)10(2)4-3-5-18-10/h6-7,17H,3-5H2,1-2H3. The molecule has 108 valence electrons. The van der Waals surface area contributed by atoms with Gasteiger partial charge in [0.2, 0.25) is 11.7 Å². The van der Waals surface area contributed by atoms with Gasteiger partial charge in [-0.05, 0) is 19.8 Å². The molecule has 2 heterocycles. The van der Waals surface area contributed by atoms with Crippen LogP contribution in [0.25, 0.3) is 0 Å². The van der Waals surface area contributed by atoms with Gasteiger partial charge in [-0.2, -0.15) is 18.2 Å². The summed E-state index contributed by atoms with van der Waals surface area (Å²) in [5.41, 5.74) is -0.718. The van der Waals surface area contributed by atoms with E-state index in [4.69, 9.17) is 14.4 Å². The number of aliphatic hydroxyl groups excluding tert-OH is 1. The Hall–Kier alpha value is -1.15. The Labute approximate surface area is 107 Å². The molecule has 19 heavy (non-hydrogen) atoms. The van der Waals surface area contributed by atoms with Gasteiger partial charge >= 0.3 is 6.18 Å². The van der Waals surface area contributed by atoms with E-state index in [1.54, 1.807) is 6.92 Å². The van der Waals surface area contributed by atoms with Gasteiger partial charge in [0.15, 0.2) is 6.10 Å². The van der Waals surface area contributed by atoms with Crippen LogP contribution in [0.5, 0.6) is 0 Å². The minimum absolute atomic E-state index is 0.223. The van der Waals surface area contributed by atoms with Crippen LogP contribution in [0.4, 0.5) is 13.2 Å². The molecule has 5 nitrogen and oxygen atoms in total. The maximum atomic E-state index is 12.4. The lowest BCUT2D eigenvalue weighted by atomic mass is 10.0. The smallest absolute Gasteiger partial charge is 0.383 e. The largest absolute Gasteiger partial charge is 0.415 e. The van der Waals surface area contributed by atoms with Crippen LogP contribution in [-0.2, 0) is 10.3 Å². The van der Waals surface area contributed by atoms with Crippen molar-refractivity contribution >= 4 is 0 Å². The zero-order valence-electron chi connectivity index (χ0n) is 10.6. The fourth-order valence-electron chi connectivity index (χ4n) is 2.01. The zero-order valence-corrected chi connectivity index (χ0v) is 10.6. The molecule has 1 saturated heterocycles. The predicted molar refractivity (Wildman–Crippen MR) is 57.3 cm³/mol. The van der Waals surface area contributed by atoms with Crippen LogP contribution in [0.3, 0.4) is 0 Å². The summed E-state index contributed by atoms with van der Waals surface area (Å²) in [6.07, 6.45) is -5.73. The second kappa shape index (κ2) is 4.75. The summed E-state index contributed by atoms with van der Waals surface area (Å²) in [5.74, 6) is -1.33. The lowest BCUT2D eigenvalue weighted by Gasteiger charge is -2.19. The Morgan fingerprint density at radius 1 is 1.42 bits per heavy atom. The van der Waals surface area contributed by atoms with Gasteiger partial charge in [0.25, 0.3) is 0 Å². The maximum absolute atomic E-state index is 12.4. The highest BCUT2D eigenvalue weighted by Crippen LogP contribution is 2.36. The van der Waals surface area contributed by atoms with E-state index in [-0.39, 0.29) is 11.7 Å². The second-order valence-corrected chi connectivity index (χ2v) is 4.91. The minimum atomic E-state index is -4.72. The zero-order chi connectivity index (χ0) is 14.3. The monoisotopic (exact) mass is 280 g/mol. The first-order chi connectivity index (χ1) is 8.74. The molecule has 3 unspecified atom stereocenters. The molecule has 1 aromatic rings. The summed E-state index contributed by atoms with van der Waals surface area (Å²) in [6, 6.07) is 0. The predicted octanol–water partition coefficient (Wildman–Crippen LogP) is 2.12. The maximum Gasteiger partial charge on any atom is 0.415 e. The van der Waals surface area contributed by atoms with Crippen LogP contribution >= 0.6 is 0 Å². The fraction of sp³-hybridized carbons (Fsp3) is 0.818. The van der Waals surface area contributed by atoms with Crippen molar-refractivity contribution < 1.29 is 27.5 Å². The molecule has 1 N–H and O–H groups in total. The Bertz CT molecular complexity index is 441. The highest BCUT2D eigenvalue weighted by molar-refractivity contribution is 5.04. The Morgan fingerprint density at radius 3 is 2.63 bits per heavy atom. The van der Waals surface area contributed by atoms with Gasteiger partial charge < -0.3 is 14.4 Å². The summed E-state index contributed by atoms with van der Waals surface area (Å²) >= 11 is 0. The highest BCUT2D eigenvalue weighted by atomic mass is 19.4. The summed E-state index contributed by atoms with van der Waals surface area (Å²) < 4.78 is 47.5. The van der Waals surface area contributed by atoms with Gasteiger partial charge in [0.1, 0.15) is 5.60 Å². The summed E-state index contributed by atoms with van der Waals surface area (Å²) in [4.78, 5) is 3.94. The molecular formula is C11H15F3N2O3. The third-order valence-corrected chi connectivity index (χ3v) is 3.33. The van der Waals surface area contributed by atoms with Crippen molar-refractivity contribution in [3.8, 4) is 0 Å². The first-order valence-electron chi connectivity index (χ1n) is 5.97. The molecule has 0 radical (unpaired) electrons. The number of rotatable bonds is 3. The lowest BCUT2D eigenvalue weighted by Crippen LogP contribution is -2.33. The lowest BCUT2D eigenvalue weighted by molar-refractivity contribution is -0.210. The van der Waals surface area contributed by atoms with E-state index in [1.165, 1.54) is 6.92 Å². The van der Waals surface area contributed by atoms with Crippen molar-refractivity contribution in [3.05, 3.63) is 11.7 Å². The van der Waals surface area contributed by atoms with Crippen molar-refractivity contribution in [2.45, 2.75) is 50.5 Å². The summed E-state index contributed by atoms with van der Waals surface area (Å²) in [7, 11) is 0. The molecule has 1 aromatic heterocycles. The molecule has 8 heteroatoms. The SMILES string of the molecule is CC(c1nc(C2(C)CCCO2)no1)C(O)C(F)(F)F. The normalized spacial score (nSPS) is 27.5. The number of aliphatic hydroxyl groups is 1. The number of alkyl halides is 3. The molecule has 1 aliphatic rings. The first-order valence-corrected chi connectivity index (χ1v) is 5.97. The number of aromatic nitrogens is 2. The molecule has 0 saturated carbocycles. The van der Waals surface area contributed by atoms with Gasteiger partial charge in [-0.3, -0.25) is 0 Å². The Morgan fingerprint density at radius 2 is 2.11 bits per heavy atom. The van der Waals surface area contributed by atoms with E-state index >= 15 is 0 Å². The van der Waals surface area contributed by atoms with Crippen LogP contribution in [0.1, 0.15) is 44.3 Å². The minimum Gasteiger partial charge on any atom is -0.383 e. The average molecular weight is 280 g/mol. The third-order valence-electron chi connectivity index (χ3n) is 3.33. The van der Waals surface area contributed by atoms with Crippen molar-refractivity contribution in [3.63, 3.8) is 0 Å². The average Bonchev–Trinajstić information content (AvgIpc) is 2.95. The highest BCUT2D eigenvalue weighted by Gasteiger charge is 2.45. The van der Waals surface area contributed by atoms with E-state index < -0.39 is 23.8 Å². The molecular weight excluding hydrogens is 265 g/mol. The van der Waals surface area contributed by atoms with Crippen LogP contribution in [0.2, 0.25) is 0 Å². The molecule has 0 amide bonds.